The van der Waals surface area contributed by atoms with Gasteiger partial charge in [0.1, 0.15) is 0 Å². The molecule has 0 aromatic heterocycles. The van der Waals surface area contributed by atoms with Crippen molar-refractivity contribution in [1.82, 2.24) is 5.32 Å². The Kier molecular flexibility index (Phi) is 4.77. The molecule has 1 aromatic carbocycles. The highest BCUT2D eigenvalue weighted by atomic mass is 35.5. The van der Waals surface area contributed by atoms with Crippen LogP contribution >= 0.6 is 12.4 Å². The lowest BCUT2D eigenvalue weighted by Crippen LogP contribution is -2.25. The van der Waals surface area contributed by atoms with E-state index in [1.54, 1.807) is 0 Å². The number of hydrogen-bond acceptors (Lipinski definition) is 3. The maximum atomic E-state index is 12.0. The molecule has 1 unspecified atom stereocenters. The predicted octanol–water partition coefficient (Wildman–Crippen LogP) is 1.39. The zero-order valence-electron chi connectivity index (χ0n) is 8.93. The van der Waals surface area contributed by atoms with E-state index < -0.39 is 9.84 Å². The van der Waals surface area contributed by atoms with Crippen LogP contribution in [0.5, 0.6) is 0 Å². The Morgan fingerprint density at radius 2 is 1.94 bits per heavy atom. The third kappa shape index (κ3) is 3.20. The van der Waals surface area contributed by atoms with Gasteiger partial charge in [0.2, 0.25) is 0 Å². The molecule has 0 bridgehead atoms. The minimum Gasteiger partial charge on any atom is -0.315 e. The Bertz CT molecular complexity index is 413. The van der Waals surface area contributed by atoms with Gasteiger partial charge in [0.25, 0.3) is 0 Å². The first-order valence-electron chi connectivity index (χ1n) is 5.15. The minimum atomic E-state index is -2.98. The van der Waals surface area contributed by atoms with Crippen molar-refractivity contribution in [2.45, 2.75) is 17.4 Å². The van der Waals surface area contributed by atoms with Gasteiger partial charge >= 0.3 is 0 Å². The van der Waals surface area contributed by atoms with Gasteiger partial charge in [0.05, 0.1) is 11.0 Å². The van der Waals surface area contributed by atoms with Gasteiger partial charge in [-0.2, -0.15) is 0 Å². The van der Waals surface area contributed by atoms with Gasteiger partial charge in [0.15, 0.2) is 9.84 Å². The summed E-state index contributed by atoms with van der Waals surface area (Å²) in [6, 6.07) is 9.36. The number of nitrogens with one attached hydrogen (secondary N) is 1. The molecule has 90 valence electrons. The average molecular weight is 262 g/mol. The summed E-state index contributed by atoms with van der Waals surface area (Å²) < 4.78 is 23.9. The smallest absolute Gasteiger partial charge is 0.158 e. The summed E-state index contributed by atoms with van der Waals surface area (Å²) in [7, 11) is -2.98. The summed E-state index contributed by atoms with van der Waals surface area (Å²) in [6.45, 7) is 1.42. The summed E-state index contributed by atoms with van der Waals surface area (Å²) >= 11 is 0. The number of rotatable bonds is 3. The Labute approximate surface area is 103 Å². The number of benzene rings is 1. The highest BCUT2D eigenvalue weighted by Crippen LogP contribution is 2.15. The largest absolute Gasteiger partial charge is 0.315 e. The molecule has 1 atom stereocenters. The SMILES string of the molecule is Cl.O=S(=O)(Cc1ccccc1)C1CCNC1. The van der Waals surface area contributed by atoms with Crippen LogP contribution in [0.15, 0.2) is 30.3 Å². The van der Waals surface area contributed by atoms with Crippen LogP contribution in [0, 0.1) is 0 Å². The fraction of sp³-hybridized carbons (Fsp3) is 0.455. The van der Waals surface area contributed by atoms with Crippen molar-refractivity contribution in [3.63, 3.8) is 0 Å². The molecule has 5 heteroatoms. The van der Waals surface area contributed by atoms with E-state index in [2.05, 4.69) is 5.32 Å². The van der Waals surface area contributed by atoms with Crippen LogP contribution in [0.25, 0.3) is 0 Å². The summed E-state index contributed by atoms with van der Waals surface area (Å²) in [4.78, 5) is 0. The monoisotopic (exact) mass is 261 g/mol. The topological polar surface area (TPSA) is 46.2 Å². The summed E-state index contributed by atoms with van der Waals surface area (Å²) in [5.41, 5.74) is 0.879. The molecule has 1 fully saturated rings. The van der Waals surface area contributed by atoms with Crippen LogP contribution in [-0.4, -0.2) is 26.8 Å². The van der Waals surface area contributed by atoms with Crippen LogP contribution in [-0.2, 0) is 15.6 Å². The maximum absolute atomic E-state index is 12.0. The van der Waals surface area contributed by atoms with Gasteiger partial charge in [-0.05, 0) is 18.5 Å². The predicted molar refractivity (Wildman–Crippen MR) is 67.6 cm³/mol. The standard InChI is InChI=1S/C11H15NO2S.ClH/c13-15(14,11-6-7-12-8-11)9-10-4-2-1-3-5-10;/h1-5,11-12H,6-9H2;1H. The highest BCUT2D eigenvalue weighted by Gasteiger charge is 2.28. The second-order valence-electron chi connectivity index (χ2n) is 3.91. The van der Waals surface area contributed by atoms with E-state index in [-0.39, 0.29) is 23.4 Å². The third-order valence-electron chi connectivity index (χ3n) is 2.73. The first-order valence-corrected chi connectivity index (χ1v) is 6.86. The number of sulfone groups is 1. The lowest BCUT2D eigenvalue weighted by atomic mass is 10.2. The molecule has 16 heavy (non-hydrogen) atoms. The lowest BCUT2D eigenvalue weighted by molar-refractivity contribution is 0.582. The Balaban J connectivity index is 0.00000128. The van der Waals surface area contributed by atoms with Crippen LogP contribution in [0.2, 0.25) is 0 Å². The maximum Gasteiger partial charge on any atom is 0.158 e. The molecule has 0 aliphatic carbocycles. The van der Waals surface area contributed by atoms with Crippen molar-refractivity contribution in [3.8, 4) is 0 Å². The van der Waals surface area contributed by atoms with Gasteiger partial charge in [-0.3, -0.25) is 0 Å². The molecular weight excluding hydrogens is 246 g/mol. The van der Waals surface area contributed by atoms with Crippen LogP contribution < -0.4 is 5.32 Å². The zero-order chi connectivity index (χ0) is 10.7. The molecule has 0 saturated carbocycles. The Morgan fingerprint density at radius 3 is 2.50 bits per heavy atom. The molecule has 1 saturated heterocycles. The van der Waals surface area contributed by atoms with Gasteiger partial charge in [-0.1, -0.05) is 30.3 Å². The molecule has 0 spiro atoms. The number of halogens is 1. The van der Waals surface area contributed by atoms with Gasteiger partial charge in [-0.15, -0.1) is 12.4 Å². The van der Waals surface area contributed by atoms with E-state index in [0.717, 1.165) is 18.5 Å². The molecule has 1 aliphatic heterocycles. The minimum absolute atomic E-state index is 0. The van der Waals surface area contributed by atoms with Gasteiger partial charge in [0, 0.05) is 6.54 Å². The highest BCUT2D eigenvalue weighted by molar-refractivity contribution is 7.91. The van der Waals surface area contributed by atoms with E-state index in [0.29, 0.717) is 6.54 Å². The molecular formula is C11H16ClNO2S. The molecule has 1 aromatic rings. The molecule has 1 N–H and O–H groups in total. The molecule has 0 amide bonds. The van der Waals surface area contributed by atoms with Crippen LogP contribution in [0.3, 0.4) is 0 Å². The normalized spacial score (nSPS) is 20.4. The quantitative estimate of drug-likeness (QED) is 0.894. The van der Waals surface area contributed by atoms with E-state index in [1.807, 2.05) is 30.3 Å². The molecule has 1 heterocycles. The van der Waals surface area contributed by atoms with Crippen molar-refractivity contribution in [2.24, 2.45) is 0 Å². The first kappa shape index (κ1) is 13.5. The summed E-state index contributed by atoms with van der Waals surface area (Å²) in [5.74, 6) is 0.167. The fourth-order valence-electron chi connectivity index (χ4n) is 1.86. The van der Waals surface area contributed by atoms with Crippen molar-refractivity contribution in [2.75, 3.05) is 13.1 Å². The van der Waals surface area contributed by atoms with Crippen molar-refractivity contribution in [3.05, 3.63) is 35.9 Å². The molecule has 0 radical (unpaired) electrons. The van der Waals surface area contributed by atoms with Gasteiger partial charge in [-0.25, -0.2) is 8.42 Å². The van der Waals surface area contributed by atoms with Crippen LogP contribution in [0.4, 0.5) is 0 Å². The Morgan fingerprint density at radius 1 is 1.25 bits per heavy atom. The molecule has 1 aliphatic rings. The van der Waals surface area contributed by atoms with E-state index in [1.165, 1.54) is 0 Å². The second kappa shape index (κ2) is 5.66. The third-order valence-corrected chi connectivity index (χ3v) is 4.89. The van der Waals surface area contributed by atoms with Gasteiger partial charge < -0.3 is 5.32 Å². The molecule has 3 nitrogen and oxygen atoms in total. The lowest BCUT2D eigenvalue weighted by Gasteiger charge is -2.10. The van der Waals surface area contributed by atoms with Crippen molar-refractivity contribution in [1.29, 1.82) is 0 Å². The van der Waals surface area contributed by atoms with E-state index in [9.17, 15) is 8.42 Å². The fourth-order valence-corrected chi connectivity index (χ4v) is 3.60. The van der Waals surface area contributed by atoms with Crippen LogP contribution in [0.1, 0.15) is 12.0 Å². The zero-order valence-corrected chi connectivity index (χ0v) is 10.6. The van der Waals surface area contributed by atoms with Crippen molar-refractivity contribution < 1.29 is 8.42 Å². The summed E-state index contributed by atoms with van der Waals surface area (Å²) in [5, 5.41) is 2.89. The van der Waals surface area contributed by atoms with E-state index in [4.69, 9.17) is 0 Å². The summed E-state index contributed by atoms with van der Waals surface area (Å²) in [6.07, 6.45) is 0.745. The average Bonchev–Trinajstić information content (AvgIpc) is 2.71. The second-order valence-corrected chi connectivity index (χ2v) is 6.19. The van der Waals surface area contributed by atoms with Crippen molar-refractivity contribution >= 4 is 22.2 Å². The van der Waals surface area contributed by atoms with E-state index >= 15 is 0 Å². The first-order chi connectivity index (χ1) is 7.18. The molecule has 2 rings (SSSR count). The Hall–Kier alpha value is -0.580. The number of hydrogen-bond donors (Lipinski definition) is 1.